The highest BCUT2D eigenvalue weighted by Crippen LogP contribution is 2.46. The second-order valence-electron chi connectivity index (χ2n) is 19.4. The molecule has 17 heteroatoms. The predicted octanol–water partition coefficient (Wildman–Crippen LogP) is 8.42. The number of rotatable bonds is 16. The van der Waals surface area contributed by atoms with Crippen LogP contribution >= 0.6 is 0 Å². The third kappa shape index (κ3) is 9.81. The maximum Gasteiger partial charge on any atom is 0.407 e. The van der Waals surface area contributed by atoms with Crippen LogP contribution in [0.25, 0.3) is 44.7 Å². The zero-order valence-corrected chi connectivity index (χ0v) is 41.0. The maximum atomic E-state index is 13.8. The summed E-state index contributed by atoms with van der Waals surface area (Å²) in [5.41, 5.74) is 7.52. The Hall–Kier alpha value is -6.85. The minimum Gasteiger partial charge on any atom is -0.494 e. The molecule has 0 saturated carbocycles. The van der Waals surface area contributed by atoms with Crippen LogP contribution in [0.1, 0.15) is 89.8 Å². The number of hydrogen-bond donors (Lipinski definition) is 5. The highest BCUT2D eigenvalue weighted by Gasteiger charge is 2.38. The number of nitrogens with zero attached hydrogens (tertiary/aromatic N) is 5. The van der Waals surface area contributed by atoms with Crippen LogP contribution < -0.4 is 20.1 Å². The molecule has 3 aliphatic heterocycles. The van der Waals surface area contributed by atoms with E-state index in [1.165, 1.54) is 14.2 Å². The number of aromatic nitrogens is 5. The van der Waals surface area contributed by atoms with E-state index in [-0.39, 0.29) is 29.7 Å². The second kappa shape index (κ2) is 20.6. The molecule has 0 aliphatic carbocycles. The van der Waals surface area contributed by atoms with E-state index in [2.05, 4.69) is 86.7 Å². The molecule has 370 valence electrons. The second-order valence-corrected chi connectivity index (χ2v) is 19.4. The molecular formula is C53H65N9O8. The van der Waals surface area contributed by atoms with Gasteiger partial charge >= 0.3 is 12.2 Å². The number of ether oxygens (including phenoxy) is 4. The molecule has 0 spiro atoms. The van der Waals surface area contributed by atoms with Gasteiger partial charge in [0.1, 0.15) is 35.4 Å². The number of carbonyl (C=O) groups is 3. The molecule has 2 saturated heterocycles. The van der Waals surface area contributed by atoms with Crippen molar-refractivity contribution in [3.63, 3.8) is 0 Å². The van der Waals surface area contributed by atoms with Gasteiger partial charge in [0.25, 0.3) is 0 Å². The number of amides is 3. The molecule has 3 aliphatic rings. The summed E-state index contributed by atoms with van der Waals surface area (Å²) in [6.45, 7) is 12.4. The Morgan fingerprint density at radius 2 is 1.63 bits per heavy atom. The number of aliphatic hydroxyl groups excluding tert-OH is 1. The quantitative estimate of drug-likeness (QED) is 0.0624. The third-order valence-electron chi connectivity index (χ3n) is 14.0. The summed E-state index contributed by atoms with van der Waals surface area (Å²) in [6, 6.07) is 21.5. The Labute approximate surface area is 408 Å². The molecular weight excluding hydrogens is 891 g/mol. The van der Waals surface area contributed by atoms with Crippen LogP contribution in [-0.2, 0) is 20.7 Å². The lowest BCUT2D eigenvalue weighted by Gasteiger charge is -2.33. The summed E-state index contributed by atoms with van der Waals surface area (Å²) in [5, 5.41) is 17.8. The number of nitrogens with one attached hydrogen (secondary N) is 4. The van der Waals surface area contributed by atoms with Crippen molar-refractivity contribution < 1.29 is 38.4 Å². The first kappa shape index (κ1) is 48.2. The zero-order valence-electron chi connectivity index (χ0n) is 41.0. The van der Waals surface area contributed by atoms with Gasteiger partial charge in [-0.15, -0.1) is 0 Å². The molecule has 6 atom stereocenters. The van der Waals surface area contributed by atoms with Crippen molar-refractivity contribution in [3.05, 3.63) is 96.3 Å². The van der Waals surface area contributed by atoms with Crippen molar-refractivity contribution in [1.82, 2.24) is 44.9 Å². The van der Waals surface area contributed by atoms with E-state index in [1.807, 2.05) is 62.0 Å². The Morgan fingerprint density at radius 3 is 2.40 bits per heavy atom. The van der Waals surface area contributed by atoms with Crippen LogP contribution in [0.2, 0.25) is 0 Å². The number of carbonyl (C=O) groups excluding carboxylic acids is 3. The molecule has 3 amide bonds. The van der Waals surface area contributed by atoms with Crippen molar-refractivity contribution in [2.45, 2.75) is 97.3 Å². The van der Waals surface area contributed by atoms with Gasteiger partial charge in [-0.1, -0.05) is 58.9 Å². The van der Waals surface area contributed by atoms with Gasteiger partial charge in [-0.2, -0.15) is 0 Å². The molecule has 9 rings (SSSR count). The van der Waals surface area contributed by atoms with Crippen molar-refractivity contribution in [3.8, 4) is 45.3 Å². The lowest BCUT2D eigenvalue weighted by atomic mass is 10.0. The van der Waals surface area contributed by atoms with E-state index in [0.29, 0.717) is 32.1 Å². The topological polar surface area (TPSA) is 201 Å². The molecule has 3 aromatic heterocycles. The van der Waals surface area contributed by atoms with Crippen LogP contribution in [0.3, 0.4) is 0 Å². The number of hydrogen-bond acceptors (Lipinski definition) is 11. The van der Waals surface area contributed by atoms with E-state index in [1.54, 1.807) is 0 Å². The van der Waals surface area contributed by atoms with Crippen molar-refractivity contribution >= 4 is 29.0 Å². The lowest BCUT2D eigenvalue weighted by Crippen LogP contribution is -2.53. The maximum absolute atomic E-state index is 13.8. The summed E-state index contributed by atoms with van der Waals surface area (Å²) in [4.78, 5) is 58.5. The number of fused-ring (bicyclic) bond motifs is 5. The first-order chi connectivity index (χ1) is 33.8. The molecule has 2 fully saturated rings. The van der Waals surface area contributed by atoms with Crippen molar-refractivity contribution in [2.24, 2.45) is 17.8 Å². The van der Waals surface area contributed by atoms with Crippen LogP contribution in [-0.4, -0.2) is 116 Å². The van der Waals surface area contributed by atoms with Gasteiger partial charge in [-0.25, -0.2) is 19.6 Å². The summed E-state index contributed by atoms with van der Waals surface area (Å²) in [7, 11) is 2.62. The molecule has 6 heterocycles. The zero-order chi connectivity index (χ0) is 49.2. The Bertz CT molecular complexity index is 2830. The molecule has 0 bridgehead atoms. The summed E-state index contributed by atoms with van der Waals surface area (Å²) in [6.07, 6.45) is 5.26. The molecule has 0 radical (unpaired) electrons. The number of methoxy groups -OCH3 is 2. The van der Waals surface area contributed by atoms with E-state index >= 15 is 0 Å². The molecule has 6 aromatic rings. The minimum atomic E-state index is -0.830. The van der Waals surface area contributed by atoms with Gasteiger partial charge in [0.2, 0.25) is 12.1 Å². The van der Waals surface area contributed by atoms with Crippen molar-refractivity contribution in [2.75, 3.05) is 40.5 Å². The number of imidazole rings is 2. The predicted molar refractivity (Wildman–Crippen MR) is 265 cm³/mol. The van der Waals surface area contributed by atoms with Gasteiger partial charge < -0.3 is 54.1 Å². The summed E-state index contributed by atoms with van der Waals surface area (Å²) >= 11 is 0. The van der Waals surface area contributed by atoms with Gasteiger partial charge in [0.15, 0.2) is 0 Å². The highest BCUT2D eigenvalue weighted by molar-refractivity contribution is 5.92. The average molecular weight is 956 g/mol. The molecule has 3 unspecified atom stereocenters. The summed E-state index contributed by atoms with van der Waals surface area (Å²) < 4.78 is 25.0. The fraction of sp³-hybridized carbons (Fsp3) is 0.453. The molecule has 5 N–H and O–H groups in total. The van der Waals surface area contributed by atoms with E-state index in [4.69, 9.17) is 28.9 Å². The number of likely N-dealkylation sites (tertiary alicyclic amines) is 2. The van der Waals surface area contributed by atoms with Crippen molar-refractivity contribution in [1.29, 1.82) is 0 Å². The van der Waals surface area contributed by atoms with Crippen LogP contribution in [0.15, 0.2) is 79.1 Å². The molecule has 3 aromatic carbocycles. The number of aromatic amines is 2. The van der Waals surface area contributed by atoms with Crippen LogP contribution in [0.5, 0.6) is 11.5 Å². The minimum absolute atomic E-state index is 0.0134. The van der Waals surface area contributed by atoms with E-state index in [0.717, 1.165) is 99.7 Å². The number of benzene rings is 3. The van der Waals surface area contributed by atoms with Gasteiger partial charge in [-0.05, 0) is 85.9 Å². The van der Waals surface area contributed by atoms with Crippen LogP contribution in [0.4, 0.5) is 9.59 Å². The number of alkyl carbamates (subject to hydrolysis) is 2. The van der Waals surface area contributed by atoms with E-state index in [9.17, 15) is 19.5 Å². The number of H-pyrrole nitrogens is 2. The normalized spacial score (nSPS) is 19.1. The summed E-state index contributed by atoms with van der Waals surface area (Å²) in [5.74, 6) is 3.10. The Morgan fingerprint density at radius 1 is 0.871 bits per heavy atom. The standard InChI is InChI=1S/C53H65N9O8/c1-8-21-69-37-12-9-11-35(24-37)51-62-41-17-15-33(40-28-55-48(57-40)42-13-10-19-61(42)50(64)47(31(4)5)59-53(66)68-7)23-36(41)25-43(62)38-16-14-34(26-44(38)70-51)39-27-54-45(56-39)22-32-18-20-60(29-32)49(63)46(30(2)3)58-52(65)67-6/h9,11-12,14-17,23-28,30-32,42,46-47,49,51,63H,8,10,13,18-22,29H2,1-7H3,(H,54,56)(H,55,57)(H,58,65)(H,59,66)/t32?,42-,46-,47-,49?,51?/m0/s1. The first-order valence-corrected chi connectivity index (χ1v) is 24.5. The third-order valence-corrected chi connectivity index (χ3v) is 14.0. The average Bonchev–Trinajstić information content (AvgIpc) is 4.23. The van der Waals surface area contributed by atoms with Crippen LogP contribution in [0, 0.1) is 17.8 Å². The van der Waals surface area contributed by atoms with Gasteiger partial charge in [-0.3, -0.25) is 9.69 Å². The Kier molecular flexibility index (Phi) is 14.2. The van der Waals surface area contributed by atoms with Gasteiger partial charge in [0.05, 0.1) is 67.9 Å². The largest absolute Gasteiger partial charge is 0.494 e. The molecule has 17 nitrogen and oxygen atoms in total. The SMILES string of the molecule is CCCOc1cccc(C2Oc3cc(-c4cnc(CC5CCN(C(O)[C@@H](NC(=O)OC)C(C)C)C5)[nH]4)ccc3-c3cc4cc(-c5cnc([C@@H]6CCCN6C(=O)[C@@H](NC(=O)OC)C(C)C)[nH]5)ccc4n32)c1. The fourth-order valence-electron chi connectivity index (χ4n) is 10.2. The lowest BCUT2D eigenvalue weighted by molar-refractivity contribution is -0.135. The van der Waals surface area contributed by atoms with Gasteiger partial charge in [0, 0.05) is 53.7 Å². The monoisotopic (exact) mass is 955 g/mol. The highest BCUT2D eigenvalue weighted by atomic mass is 16.5. The van der Waals surface area contributed by atoms with E-state index < -0.39 is 36.7 Å². The Balaban J connectivity index is 0.980. The number of aliphatic hydroxyl groups is 1. The smallest absolute Gasteiger partial charge is 0.407 e. The fourth-order valence-corrected chi connectivity index (χ4v) is 10.2. The molecule has 70 heavy (non-hydrogen) atoms. The first-order valence-electron chi connectivity index (χ1n) is 24.5.